The molecule has 0 radical (unpaired) electrons. The maximum absolute atomic E-state index is 12.4. The smallest absolute Gasteiger partial charge is 0.410 e. The molecule has 1 fully saturated rings. The predicted octanol–water partition coefficient (Wildman–Crippen LogP) is 4.96. The molecule has 2 amide bonds. The van der Waals surface area contributed by atoms with Crippen LogP contribution in [0.1, 0.15) is 49.6 Å². The molecule has 2 N–H and O–H groups in total. The Morgan fingerprint density at radius 3 is 2.36 bits per heavy atom. The Kier molecular flexibility index (Phi) is 6.09. The van der Waals surface area contributed by atoms with E-state index < -0.39 is 11.5 Å². The van der Waals surface area contributed by atoms with E-state index >= 15 is 0 Å². The van der Waals surface area contributed by atoms with Crippen molar-refractivity contribution in [1.82, 2.24) is 9.88 Å². The van der Waals surface area contributed by atoms with Gasteiger partial charge in [0, 0.05) is 18.7 Å². The first-order valence-corrected chi connectivity index (χ1v) is 10.8. The monoisotopic (exact) mass is 449 g/mol. The number of amides is 2. The fourth-order valence-electron chi connectivity index (χ4n) is 3.63. The van der Waals surface area contributed by atoms with E-state index in [-0.39, 0.29) is 17.8 Å². The van der Waals surface area contributed by atoms with Crippen LogP contribution in [0, 0.1) is 0 Å². The van der Waals surface area contributed by atoms with Crippen molar-refractivity contribution in [1.29, 1.82) is 0 Å². The van der Waals surface area contributed by atoms with Crippen molar-refractivity contribution in [3.8, 4) is 22.8 Å². The second kappa shape index (κ2) is 8.97. The molecule has 0 spiro atoms. The van der Waals surface area contributed by atoms with Gasteiger partial charge >= 0.3 is 6.09 Å². The summed E-state index contributed by atoms with van der Waals surface area (Å²) >= 11 is 0. The summed E-state index contributed by atoms with van der Waals surface area (Å²) in [7, 11) is 0. The lowest BCUT2D eigenvalue weighted by atomic mass is 10.1. The summed E-state index contributed by atoms with van der Waals surface area (Å²) in [4.78, 5) is 30.6. The zero-order valence-electron chi connectivity index (χ0n) is 18.9. The molecule has 0 aliphatic carbocycles. The normalized spacial score (nSPS) is 16.0. The van der Waals surface area contributed by atoms with Crippen LogP contribution in [-0.2, 0) is 4.74 Å². The number of oxazole rings is 1. The summed E-state index contributed by atoms with van der Waals surface area (Å²) in [5, 5.41) is 0. The van der Waals surface area contributed by atoms with E-state index in [0.29, 0.717) is 42.4 Å². The fraction of sp³-hybridized carbons (Fsp3) is 0.320. The molecule has 33 heavy (non-hydrogen) atoms. The van der Waals surface area contributed by atoms with Crippen LogP contribution in [0.2, 0.25) is 0 Å². The molecule has 1 aromatic heterocycles. The highest BCUT2D eigenvalue weighted by molar-refractivity contribution is 5.96. The van der Waals surface area contributed by atoms with E-state index in [1.165, 1.54) is 0 Å². The van der Waals surface area contributed by atoms with Gasteiger partial charge in [-0.15, -0.1) is 0 Å². The van der Waals surface area contributed by atoms with Crippen molar-refractivity contribution in [3.63, 3.8) is 0 Å². The Morgan fingerprint density at radius 2 is 1.73 bits per heavy atom. The number of benzene rings is 2. The van der Waals surface area contributed by atoms with E-state index in [2.05, 4.69) is 4.98 Å². The highest BCUT2D eigenvalue weighted by Crippen LogP contribution is 2.33. The summed E-state index contributed by atoms with van der Waals surface area (Å²) in [6.07, 6.45) is 0.280. The van der Waals surface area contributed by atoms with E-state index in [1.54, 1.807) is 29.2 Å². The van der Waals surface area contributed by atoms with Crippen LogP contribution in [0.15, 0.2) is 59.0 Å². The predicted molar refractivity (Wildman–Crippen MR) is 122 cm³/mol. The molecule has 2 aromatic carbocycles. The number of carbonyl (C=O) groups is 2. The molecular weight excluding hydrogens is 422 g/mol. The minimum atomic E-state index is -0.699. The van der Waals surface area contributed by atoms with Crippen molar-refractivity contribution < 1.29 is 23.5 Å². The topological polar surface area (TPSA) is 108 Å². The van der Waals surface area contributed by atoms with Crippen LogP contribution in [0.5, 0.6) is 11.5 Å². The van der Waals surface area contributed by atoms with Gasteiger partial charge in [-0.3, -0.25) is 4.79 Å². The Balaban J connectivity index is 1.52. The molecular formula is C25H27N3O5. The van der Waals surface area contributed by atoms with E-state index in [1.807, 2.05) is 51.1 Å². The summed E-state index contributed by atoms with van der Waals surface area (Å²) in [5.74, 6) is 0.910. The molecule has 4 rings (SSSR count). The van der Waals surface area contributed by atoms with Gasteiger partial charge < -0.3 is 24.5 Å². The van der Waals surface area contributed by atoms with Crippen molar-refractivity contribution in [3.05, 3.63) is 66.2 Å². The number of nitrogens with two attached hydrogens (primary N) is 1. The third-order valence-corrected chi connectivity index (χ3v) is 5.16. The molecule has 1 atom stereocenters. The highest BCUT2D eigenvalue weighted by Gasteiger charge is 2.34. The van der Waals surface area contributed by atoms with Crippen molar-refractivity contribution in [2.24, 2.45) is 5.73 Å². The number of likely N-dealkylation sites (tertiary alicyclic amines) is 1. The number of nitrogens with zero attached hydrogens (tertiary/aromatic N) is 2. The van der Waals surface area contributed by atoms with Gasteiger partial charge in [-0.2, -0.15) is 0 Å². The van der Waals surface area contributed by atoms with Crippen molar-refractivity contribution >= 4 is 12.0 Å². The van der Waals surface area contributed by atoms with Gasteiger partial charge in [-0.25, -0.2) is 9.78 Å². The molecule has 0 bridgehead atoms. The first kappa shape index (κ1) is 22.4. The van der Waals surface area contributed by atoms with Gasteiger partial charge in [0.05, 0.1) is 5.92 Å². The van der Waals surface area contributed by atoms with Crippen molar-refractivity contribution in [2.45, 2.75) is 38.7 Å². The lowest BCUT2D eigenvalue weighted by Crippen LogP contribution is -2.35. The van der Waals surface area contributed by atoms with Gasteiger partial charge in [0.15, 0.2) is 0 Å². The lowest BCUT2D eigenvalue weighted by Gasteiger charge is -2.24. The maximum Gasteiger partial charge on any atom is 0.410 e. The number of ether oxygens (including phenoxy) is 2. The average molecular weight is 450 g/mol. The van der Waals surface area contributed by atoms with Gasteiger partial charge in [-0.1, -0.05) is 18.2 Å². The quantitative estimate of drug-likeness (QED) is 0.590. The van der Waals surface area contributed by atoms with Crippen LogP contribution < -0.4 is 10.5 Å². The van der Waals surface area contributed by atoms with E-state index in [0.717, 1.165) is 5.75 Å². The maximum atomic E-state index is 12.4. The third-order valence-electron chi connectivity index (χ3n) is 5.16. The number of carbonyl (C=O) groups excluding carboxylic acids is 2. The summed E-state index contributed by atoms with van der Waals surface area (Å²) < 4.78 is 17.0. The number of aromatic nitrogens is 1. The fourth-order valence-corrected chi connectivity index (χ4v) is 3.63. The molecule has 0 saturated carbocycles. The van der Waals surface area contributed by atoms with E-state index in [4.69, 9.17) is 19.6 Å². The number of hydrogen-bond acceptors (Lipinski definition) is 6. The minimum absolute atomic E-state index is 0.00237. The van der Waals surface area contributed by atoms with Crippen LogP contribution >= 0.6 is 0 Å². The lowest BCUT2D eigenvalue weighted by molar-refractivity contribution is 0.0291. The number of para-hydroxylation sites is 1. The first-order chi connectivity index (χ1) is 15.7. The molecule has 1 unspecified atom stereocenters. The van der Waals surface area contributed by atoms with Crippen LogP contribution in [0.25, 0.3) is 11.3 Å². The molecule has 8 nitrogen and oxygen atoms in total. The summed E-state index contributed by atoms with van der Waals surface area (Å²) in [6, 6.07) is 16.6. The Morgan fingerprint density at radius 1 is 1.06 bits per heavy atom. The Hall–Kier alpha value is -3.81. The number of rotatable bonds is 5. The van der Waals surface area contributed by atoms with Crippen LogP contribution in [-0.4, -0.2) is 40.6 Å². The number of primary amides is 1. The average Bonchev–Trinajstić information content (AvgIpc) is 3.42. The van der Waals surface area contributed by atoms with Gasteiger partial charge in [0.1, 0.15) is 22.8 Å². The molecule has 2 heterocycles. The second-order valence-corrected chi connectivity index (χ2v) is 8.95. The molecule has 1 aliphatic heterocycles. The summed E-state index contributed by atoms with van der Waals surface area (Å²) in [5.41, 5.74) is 6.05. The zero-order chi connectivity index (χ0) is 23.6. The Labute approximate surface area is 192 Å². The third kappa shape index (κ3) is 5.34. The van der Waals surface area contributed by atoms with Gasteiger partial charge in [-0.05, 0) is 63.6 Å². The van der Waals surface area contributed by atoms with Gasteiger partial charge in [0.2, 0.25) is 11.7 Å². The largest absolute Gasteiger partial charge is 0.457 e. The highest BCUT2D eigenvalue weighted by atomic mass is 16.6. The standard InChI is InChI=1S/C25H27N3O5/c1-25(2,3)33-24(30)28-14-13-17(15-28)23-27-20(21(32-23)22(26)29)16-9-11-19(12-10-16)31-18-7-5-4-6-8-18/h4-12,17H,13-15H2,1-3H3,(H2,26,29). The molecule has 8 heteroatoms. The second-order valence-electron chi connectivity index (χ2n) is 8.95. The van der Waals surface area contributed by atoms with Crippen LogP contribution in [0.3, 0.4) is 0 Å². The molecule has 1 aliphatic rings. The SMILES string of the molecule is CC(C)(C)OC(=O)N1CCC(c2nc(-c3ccc(Oc4ccccc4)cc3)c(C(N)=O)o2)C1. The molecule has 172 valence electrons. The minimum Gasteiger partial charge on any atom is -0.457 e. The molecule has 3 aromatic rings. The van der Waals surface area contributed by atoms with Crippen molar-refractivity contribution in [2.75, 3.05) is 13.1 Å². The molecule has 1 saturated heterocycles. The first-order valence-electron chi connectivity index (χ1n) is 10.8. The van der Waals surface area contributed by atoms with Crippen LogP contribution in [0.4, 0.5) is 4.79 Å². The van der Waals surface area contributed by atoms with E-state index in [9.17, 15) is 9.59 Å². The van der Waals surface area contributed by atoms with Gasteiger partial charge in [0.25, 0.3) is 5.91 Å². The Bertz CT molecular complexity index is 1130. The summed E-state index contributed by atoms with van der Waals surface area (Å²) in [6.45, 7) is 6.40. The zero-order valence-corrected chi connectivity index (χ0v) is 18.9. The number of hydrogen-bond donors (Lipinski definition) is 1.